The number of carbonyl (C=O) groups excluding carboxylic acids is 3. The minimum atomic E-state index is -0.676. The lowest BCUT2D eigenvalue weighted by atomic mass is 10.2. The number of carbonyl (C=O) groups is 3. The number of ether oxygens (including phenoxy) is 1. The largest absolute Gasteiger partial charge is 0.452 e. The van der Waals surface area contributed by atoms with Crippen LogP contribution < -0.4 is 10.6 Å². The van der Waals surface area contributed by atoms with Crippen molar-refractivity contribution in [2.75, 3.05) is 23.0 Å². The van der Waals surface area contributed by atoms with Crippen LogP contribution in [-0.2, 0) is 14.3 Å². The molecule has 2 rings (SSSR count). The third-order valence-electron chi connectivity index (χ3n) is 3.21. The van der Waals surface area contributed by atoms with Crippen LogP contribution in [0.2, 0.25) is 0 Å². The molecule has 2 aromatic rings. The van der Waals surface area contributed by atoms with Gasteiger partial charge in [0.1, 0.15) is 0 Å². The number of anilines is 2. The second-order valence-corrected chi connectivity index (χ2v) is 6.35. The molecular weight excluding hydrogens is 366 g/mol. The Morgan fingerprint density at radius 1 is 1.11 bits per heavy atom. The van der Waals surface area contributed by atoms with E-state index < -0.39 is 18.5 Å². The number of nitrogens with zero attached hydrogens (tertiary/aromatic N) is 1. The highest BCUT2D eigenvalue weighted by Crippen LogP contribution is 2.26. The number of amides is 2. The highest BCUT2D eigenvalue weighted by Gasteiger charge is 2.12. The van der Waals surface area contributed by atoms with E-state index in [2.05, 4.69) is 10.6 Å². The minimum Gasteiger partial charge on any atom is -0.452 e. The van der Waals surface area contributed by atoms with Gasteiger partial charge in [0.25, 0.3) is 5.91 Å². The number of hydrogen-bond donors (Lipinski definition) is 2. The molecule has 2 aromatic carbocycles. The molecule has 0 aliphatic carbocycles. The monoisotopic (exact) mass is 383 g/mol. The minimum absolute atomic E-state index is 0.221. The third kappa shape index (κ3) is 6.49. The maximum absolute atomic E-state index is 12.1. The third-order valence-corrected chi connectivity index (χ3v) is 4.15. The molecule has 27 heavy (non-hydrogen) atoms. The van der Waals surface area contributed by atoms with E-state index in [4.69, 9.17) is 10.00 Å². The van der Waals surface area contributed by atoms with Gasteiger partial charge in [-0.1, -0.05) is 18.2 Å². The van der Waals surface area contributed by atoms with Gasteiger partial charge in [0.2, 0.25) is 5.91 Å². The van der Waals surface area contributed by atoms with Gasteiger partial charge in [-0.2, -0.15) is 5.26 Å². The van der Waals surface area contributed by atoms with Crippen LogP contribution in [0.15, 0.2) is 53.4 Å². The molecule has 0 atom stereocenters. The van der Waals surface area contributed by atoms with Crippen LogP contribution in [0.25, 0.3) is 0 Å². The summed E-state index contributed by atoms with van der Waals surface area (Å²) < 4.78 is 5.02. The first-order chi connectivity index (χ1) is 13.0. The van der Waals surface area contributed by atoms with Crippen molar-refractivity contribution in [2.24, 2.45) is 0 Å². The summed E-state index contributed by atoms with van der Waals surface area (Å²) in [6.45, 7) is 0.905. The molecule has 8 heteroatoms. The van der Waals surface area contributed by atoms with E-state index in [1.165, 1.54) is 30.8 Å². The Labute approximate surface area is 160 Å². The second kappa shape index (κ2) is 9.99. The lowest BCUT2D eigenvalue weighted by Crippen LogP contribution is -2.21. The number of hydrogen-bond acceptors (Lipinski definition) is 6. The molecule has 0 spiro atoms. The Balaban J connectivity index is 1.93. The molecule has 138 valence electrons. The summed E-state index contributed by atoms with van der Waals surface area (Å²) in [5.74, 6) is -1.17. The van der Waals surface area contributed by atoms with E-state index in [0.717, 1.165) is 4.90 Å². The maximum atomic E-state index is 12.1. The van der Waals surface area contributed by atoms with E-state index in [1.807, 2.05) is 6.07 Å². The van der Waals surface area contributed by atoms with E-state index in [-0.39, 0.29) is 17.2 Å². The molecule has 0 aliphatic rings. The van der Waals surface area contributed by atoms with Crippen molar-refractivity contribution in [2.45, 2.75) is 11.8 Å². The lowest BCUT2D eigenvalue weighted by molar-refractivity contribution is -0.119. The number of para-hydroxylation sites is 1. The Kier molecular flexibility index (Phi) is 7.40. The first-order valence-electron chi connectivity index (χ1n) is 7.93. The predicted octanol–water partition coefficient (Wildman–Crippen LogP) is 3.06. The van der Waals surface area contributed by atoms with Gasteiger partial charge < -0.3 is 15.4 Å². The fraction of sp³-hybridized carbons (Fsp3) is 0.158. The van der Waals surface area contributed by atoms with Crippen LogP contribution in [0.3, 0.4) is 0 Å². The van der Waals surface area contributed by atoms with Crippen molar-refractivity contribution in [3.8, 4) is 6.07 Å². The molecule has 0 unspecified atom stereocenters. The normalized spacial score (nSPS) is 9.78. The number of nitrogens with one attached hydrogen (secondary N) is 2. The van der Waals surface area contributed by atoms with Crippen LogP contribution >= 0.6 is 11.8 Å². The summed E-state index contributed by atoms with van der Waals surface area (Å²) in [6.07, 6.45) is 0. The zero-order valence-electron chi connectivity index (χ0n) is 14.5. The molecule has 0 aliphatic heterocycles. The summed E-state index contributed by atoms with van der Waals surface area (Å²) in [6, 6.07) is 15.3. The van der Waals surface area contributed by atoms with Crippen molar-refractivity contribution < 1.29 is 19.1 Å². The molecule has 0 fully saturated rings. The second-order valence-electron chi connectivity index (χ2n) is 5.33. The summed E-state index contributed by atoms with van der Waals surface area (Å²) in [7, 11) is 0. The Morgan fingerprint density at radius 2 is 1.89 bits per heavy atom. The summed E-state index contributed by atoms with van der Waals surface area (Å²) >= 11 is 1.30. The predicted molar refractivity (Wildman–Crippen MR) is 102 cm³/mol. The van der Waals surface area contributed by atoms with E-state index >= 15 is 0 Å². The molecule has 0 radical (unpaired) electrons. The zero-order valence-corrected chi connectivity index (χ0v) is 15.3. The topological polar surface area (TPSA) is 108 Å². The van der Waals surface area contributed by atoms with Crippen LogP contribution in [0, 0.1) is 11.3 Å². The van der Waals surface area contributed by atoms with Gasteiger partial charge >= 0.3 is 5.97 Å². The van der Waals surface area contributed by atoms with Gasteiger partial charge in [-0.15, -0.1) is 11.8 Å². The van der Waals surface area contributed by atoms with Crippen LogP contribution in [0.1, 0.15) is 17.3 Å². The van der Waals surface area contributed by atoms with Crippen molar-refractivity contribution in [3.63, 3.8) is 0 Å². The number of benzene rings is 2. The van der Waals surface area contributed by atoms with Gasteiger partial charge in [-0.05, 0) is 30.3 Å². The van der Waals surface area contributed by atoms with E-state index in [9.17, 15) is 14.4 Å². The standard InChI is InChI=1S/C19H17N3O4S/c1-13(23)21-15-6-4-5-14(11-15)19(25)26-12-18(24)22-16-7-2-3-8-17(16)27-10-9-20/h2-8,11H,10,12H2,1H3,(H,21,23)(H,22,24). The number of nitriles is 1. The Morgan fingerprint density at radius 3 is 2.63 bits per heavy atom. The molecular formula is C19H17N3O4S. The van der Waals surface area contributed by atoms with Gasteiger partial charge in [0.15, 0.2) is 6.61 Å². The summed E-state index contributed by atoms with van der Waals surface area (Å²) in [5, 5.41) is 13.9. The quantitative estimate of drug-likeness (QED) is 0.562. The van der Waals surface area contributed by atoms with Crippen LogP contribution in [-0.4, -0.2) is 30.1 Å². The fourth-order valence-corrected chi connectivity index (χ4v) is 2.80. The summed E-state index contributed by atoms with van der Waals surface area (Å²) in [4.78, 5) is 36.0. The Bertz CT molecular complexity index is 893. The molecule has 0 saturated heterocycles. The SMILES string of the molecule is CC(=O)Nc1cccc(C(=O)OCC(=O)Nc2ccccc2SCC#N)c1. The molecule has 0 aromatic heterocycles. The van der Waals surface area contributed by atoms with Gasteiger partial charge in [0.05, 0.1) is 23.1 Å². The highest BCUT2D eigenvalue weighted by molar-refractivity contribution is 7.99. The van der Waals surface area contributed by atoms with Gasteiger partial charge in [0, 0.05) is 17.5 Å². The van der Waals surface area contributed by atoms with E-state index in [1.54, 1.807) is 36.4 Å². The zero-order chi connectivity index (χ0) is 19.6. The molecule has 2 N–H and O–H groups in total. The number of esters is 1. The van der Waals surface area contributed by atoms with Crippen LogP contribution in [0.5, 0.6) is 0 Å². The lowest BCUT2D eigenvalue weighted by Gasteiger charge is -2.10. The Hall–Kier alpha value is -3.31. The van der Waals surface area contributed by atoms with Crippen molar-refractivity contribution in [1.82, 2.24) is 0 Å². The molecule has 0 heterocycles. The molecule has 0 saturated carbocycles. The average Bonchev–Trinajstić information content (AvgIpc) is 2.65. The smallest absolute Gasteiger partial charge is 0.338 e. The highest BCUT2D eigenvalue weighted by atomic mass is 32.2. The van der Waals surface area contributed by atoms with Crippen molar-refractivity contribution in [3.05, 3.63) is 54.1 Å². The average molecular weight is 383 g/mol. The van der Waals surface area contributed by atoms with Crippen molar-refractivity contribution in [1.29, 1.82) is 5.26 Å². The first kappa shape index (κ1) is 20.0. The summed E-state index contributed by atoms with van der Waals surface area (Å²) in [5.41, 5.74) is 1.23. The molecule has 0 bridgehead atoms. The van der Waals surface area contributed by atoms with Gasteiger partial charge in [-0.25, -0.2) is 4.79 Å². The first-order valence-corrected chi connectivity index (χ1v) is 8.91. The number of thioether (sulfide) groups is 1. The van der Waals surface area contributed by atoms with Crippen molar-refractivity contribution >= 4 is 40.9 Å². The van der Waals surface area contributed by atoms with Crippen LogP contribution in [0.4, 0.5) is 11.4 Å². The maximum Gasteiger partial charge on any atom is 0.338 e. The fourth-order valence-electron chi connectivity index (χ4n) is 2.13. The van der Waals surface area contributed by atoms with Gasteiger partial charge in [-0.3, -0.25) is 9.59 Å². The molecule has 7 nitrogen and oxygen atoms in total. The number of rotatable bonds is 7. The van der Waals surface area contributed by atoms with E-state index in [0.29, 0.717) is 11.4 Å². The molecule has 2 amide bonds.